The molecule has 2 aromatic rings. The van der Waals surface area contributed by atoms with Crippen LogP contribution in [-0.4, -0.2) is 27.1 Å². The van der Waals surface area contributed by atoms with Crippen molar-refractivity contribution in [2.24, 2.45) is 0 Å². The van der Waals surface area contributed by atoms with E-state index >= 15 is 0 Å². The summed E-state index contributed by atoms with van der Waals surface area (Å²) in [6, 6.07) is 8.47. The average molecular weight is 306 g/mol. The number of nitrogens with zero attached hydrogens (tertiary/aromatic N) is 1. The zero-order valence-electron chi connectivity index (χ0n) is 11.4. The Labute approximate surface area is 122 Å². The summed E-state index contributed by atoms with van der Waals surface area (Å²) in [4.78, 5) is 14.0. The lowest BCUT2D eigenvalue weighted by molar-refractivity contribution is 0.0963. The van der Waals surface area contributed by atoms with E-state index in [0.29, 0.717) is 17.9 Å². The van der Waals surface area contributed by atoms with E-state index < -0.39 is 10.0 Å². The molecule has 0 radical (unpaired) electrons. The van der Waals surface area contributed by atoms with Crippen LogP contribution in [0, 0.1) is 0 Å². The number of hydrogen-bond acceptors (Lipinski definition) is 4. The maximum Gasteiger partial charge on any atom is 0.293 e. The maximum atomic E-state index is 12.4. The van der Waals surface area contributed by atoms with E-state index in [2.05, 4.69) is 4.72 Å². The van der Waals surface area contributed by atoms with Crippen molar-refractivity contribution in [3.63, 3.8) is 0 Å². The number of rotatable bonds is 3. The van der Waals surface area contributed by atoms with Crippen LogP contribution in [0.4, 0.5) is 11.4 Å². The molecule has 21 heavy (non-hydrogen) atoms. The van der Waals surface area contributed by atoms with E-state index in [4.69, 9.17) is 4.42 Å². The average Bonchev–Trinajstić information content (AvgIpc) is 3.05. The molecule has 2 heterocycles. The van der Waals surface area contributed by atoms with Gasteiger partial charge in [-0.3, -0.25) is 9.52 Å². The largest absolute Gasteiger partial charge is 0.459 e. The van der Waals surface area contributed by atoms with E-state index in [1.54, 1.807) is 29.2 Å². The van der Waals surface area contributed by atoms with Gasteiger partial charge in [-0.05, 0) is 36.2 Å². The first-order valence-electron chi connectivity index (χ1n) is 6.40. The van der Waals surface area contributed by atoms with E-state index in [-0.39, 0.29) is 11.7 Å². The van der Waals surface area contributed by atoms with Gasteiger partial charge in [0, 0.05) is 12.2 Å². The van der Waals surface area contributed by atoms with Gasteiger partial charge in [-0.1, -0.05) is 6.07 Å². The van der Waals surface area contributed by atoms with Crippen molar-refractivity contribution >= 4 is 27.3 Å². The van der Waals surface area contributed by atoms with Gasteiger partial charge in [-0.2, -0.15) is 0 Å². The molecule has 0 unspecified atom stereocenters. The summed E-state index contributed by atoms with van der Waals surface area (Å²) in [5, 5.41) is 0. The lowest BCUT2D eigenvalue weighted by atomic mass is 10.1. The molecule has 0 fully saturated rings. The summed E-state index contributed by atoms with van der Waals surface area (Å²) in [5.74, 6) is 0.0413. The third kappa shape index (κ3) is 2.78. The van der Waals surface area contributed by atoms with Crippen molar-refractivity contribution in [2.45, 2.75) is 6.42 Å². The molecule has 1 aromatic heterocycles. The van der Waals surface area contributed by atoms with Crippen LogP contribution in [0.2, 0.25) is 0 Å². The molecule has 1 amide bonds. The molecule has 0 bridgehead atoms. The van der Waals surface area contributed by atoms with Gasteiger partial charge in [0.1, 0.15) is 0 Å². The number of benzene rings is 1. The van der Waals surface area contributed by atoms with E-state index in [0.717, 1.165) is 18.2 Å². The summed E-state index contributed by atoms with van der Waals surface area (Å²) < 4.78 is 30.1. The van der Waals surface area contributed by atoms with Gasteiger partial charge in [-0.25, -0.2) is 8.42 Å². The Morgan fingerprint density at radius 1 is 1.33 bits per heavy atom. The highest BCUT2D eigenvalue weighted by molar-refractivity contribution is 7.92. The molecule has 1 aliphatic heterocycles. The first-order chi connectivity index (χ1) is 9.94. The van der Waals surface area contributed by atoms with Crippen LogP contribution >= 0.6 is 0 Å². The summed E-state index contributed by atoms with van der Waals surface area (Å²) in [6.07, 6.45) is 3.28. The van der Waals surface area contributed by atoms with Gasteiger partial charge in [0.25, 0.3) is 5.91 Å². The fourth-order valence-corrected chi connectivity index (χ4v) is 2.96. The first kappa shape index (κ1) is 13.7. The van der Waals surface area contributed by atoms with Crippen molar-refractivity contribution in [2.75, 3.05) is 22.4 Å². The topological polar surface area (TPSA) is 79.6 Å². The van der Waals surface area contributed by atoms with E-state index in [1.807, 2.05) is 6.07 Å². The lowest BCUT2D eigenvalue weighted by Gasteiger charge is -2.16. The number of amides is 1. The van der Waals surface area contributed by atoms with Crippen molar-refractivity contribution in [1.29, 1.82) is 0 Å². The van der Waals surface area contributed by atoms with Crippen LogP contribution in [0.25, 0.3) is 0 Å². The highest BCUT2D eigenvalue weighted by Crippen LogP contribution is 2.32. The minimum atomic E-state index is -3.35. The van der Waals surface area contributed by atoms with Gasteiger partial charge in [0.2, 0.25) is 10.0 Å². The van der Waals surface area contributed by atoms with Crippen LogP contribution < -0.4 is 9.62 Å². The summed E-state index contributed by atoms with van der Waals surface area (Å²) in [6.45, 7) is 0.553. The molecule has 6 nitrogen and oxygen atoms in total. The summed E-state index contributed by atoms with van der Waals surface area (Å²) in [7, 11) is -3.35. The number of anilines is 2. The van der Waals surface area contributed by atoms with Gasteiger partial charge >= 0.3 is 0 Å². The first-order valence-corrected chi connectivity index (χ1v) is 8.29. The maximum absolute atomic E-state index is 12.4. The Morgan fingerprint density at radius 3 is 2.81 bits per heavy atom. The molecule has 3 rings (SSSR count). The molecule has 1 N–H and O–H groups in total. The van der Waals surface area contributed by atoms with Crippen LogP contribution in [0.5, 0.6) is 0 Å². The Morgan fingerprint density at radius 2 is 2.14 bits per heavy atom. The monoisotopic (exact) mass is 306 g/mol. The molecule has 110 valence electrons. The number of fused-ring (bicyclic) bond motifs is 1. The number of hydrogen-bond donors (Lipinski definition) is 1. The van der Waals surface area contributed by atoms with Crippen LogP contribution in [0.1, 0.15) is 16.1 Å². The van der Waals surface area contributed by atoms with Gasteiger partial charge in [-0.15, -0.1) is 0 Å². The second-order valence-electron chi connectivity index (χ2n) is 4.90. The number of furan rings is 1. The third-order valence-corrected chi connectivity index (χ3v) is 3.87. The molecule has 0 spiro atoms. The highest BCUT2D eigenvalue weighted by Gasteiger charge is 2.27. The Balaban J connectivity index is 1.93. The van der Waals surface area contributed by atoms with Crippen molar-refractivity contribution in [3.8, 4) is 0 Å². The second kappa shape index (κ2) is 4.92. The fraction of sp³-hybridized carbons (Fsp3) is 0.214. The number of sulfonamides is 1. The highest BCUT2D eigenvalue weighted by atomic mass is 32.2. The predicted molar refractivity (Wildman–Crippen MR) is 79.0 cm³/mol. The molecule has 0 saturated carbocycles. The van der Waals surface area contributed by atoms with E-state index in [9.17, 15) is 13.2 Å². The van der Waals surface area contributed by atoms with Crippen LogP contribution in [0.15, 0.2) is 41.0 Å². The van der Waals surface area contributed by atoms with Gasteiger partial charge in [0.05, 0.1) is 18.2 Å². The molecular weight excluding hydrogens is 292 g/mol. The van der Waals surface area contributed by atoms with Crippen LogP contribution in [-0.2, 0) is 16.4 Å². The molecule has 1 aliphatic rings. The smallest absolute Gasteiger partial charge is 0.293 e. The molecule has 7 heteroatoms. The SMILES string of the molecule is CS(=O)(=O)Nc1ccc2c(c1)N(C(=O)c1ccco1)CC2. The van der Waals surface area contributed by atoms with Crippen LogP contribution in [0.3, 0.4) is 0 Å². The second-order valence-corrected chi connectivity index (χ2v) is 6.65. The molecule has 0 atom stereocenters. The third-order valence-electron chi connectivity index (χ3n) is 3.26. The lowest BCUT2D eigenvalue weighted by Crippen LogP contribution is -2.28. The Bertz CT molecular complexity index is 781. The minimum Gasteiger partial charge on any atom is -0.459 e. The fourth-order valence-electron chi connectivity index (χ4n) is 2.40. The zero-order chi connectivity index (χ0) is 15.0. The number of carbonyl (C=O) groups is 1. The molecular formula is C14H14N2O4S. The Kier molecular flexibility index (Phi) is 3.21. The van der Waals surface area contributed by atoms with E-state index in [1.165, 1.54) is 6.26 Å². The molecule has 0 aliphatic carbocycles. The van der Waals surface area contributed by atoms with Gasteiger partial charge in [0.15, 0.2) is 5.76 Å². The van der Waals surface area contributed by atoms with Crippen molar-refractivity contribution in [1.82, 2.24) is 0 Å². The Hall–Kier alpha value is -2.28. The number of nitrogens with one attached hydrogen (secondary N) is 1. The summed E-state index contributed by atoms with van der Waals surface area (Å²) >= 11 is 0. The zero-order valence-corrected chi connectivity index (χ0v) is 12.2. The van der Waals surface area contributed by atoms with Crippen molar-refractivity contribution in [3.05, 3.63) is 47.9 Å². The molecule has 0 saturated heterocycles. The van der Waals surface area contributed by atoms with Crippen molar-refractivity contribution < 1.29 is 17.6 Å². The normalized spacial score (nSPS) is 14.0. The standard InChI is InChI=1S/C14H14N2O4S/c1-21(18,19)15-11-5-4-10-6-7-16(12(10)9-11)14(17)13-3-2-8-20-13/h2-5,8-9,15H,6-7H2,1H3. The van der Waals surface area contributed by atoms with Gasteiger partial charge < -0.3 is 9.32 Å². The quantitative estimate of drug-likeness (QED) is 0.938. The summed E-state index contributed by atoms with van der Waals surface area (Å²) in [5.41, 5.74) is 2.16. The predicted octanol–water partition coefficient (Wildman–Crippen LogP) is 1.85. The molecule has 1 aromatic carbocycles. The number of carbonyl (C=O) groups excluding carboxylic acids is 1. The minimum absolute atomic E-state index is 0.227.